The van der Waals surface area contributed by atoms with Crippen molar-refractivity contribution in [2.75, 3.05) is 14.1 Å². The number of aliphatic hydroxyl groups is 1. The van der Waals surface area contributed by atoms with Gasteiger partial charge in [0.15, 0.2) is 0 Å². The second-order valence-corrected chi connectivity index (χ2v) is 6.08. The van der Waals surface area contributed by atoms with Gasteiger partial charge in [-0.05, 0) is 44.6 Å². The summed E-state index contributed by atoms with van der Waals surface area (Å²) in [7, 11) is 4.04. The number of hydrogen-bond acceptors (Lipinski definition) is 2. The topological polar surface area (TPSA) is 23.5 Å². The van der Waals surface area contributed by atoms with E-state index in [0.29, 0.717) is 6.42 Å². The van der Waals surface area contributed by atoms with E-state index in [0.717, 1.165) is 31.2 Å². The molecule has 1 aliphatic carbocycles. The van der Waals surface area contributed by atoms with Gasteiger partial charge in [0.25, 0.3) is 0 Å². The van der Waals surface area contributed by atoms with Crippen LogP contribution in [0.2, 0.25) is 5.02 Å². The summed E-state index contributed by atoms with van der Waals surface area (Å²) >= 11 is 5.79. The molecule has 0 bridgehead atoms. The van der Waals surface area contributed by atoms with Crippen molar-refractivity contribution >= 4 is 11.6 Å². The van der Waals surface area contributed by atoms with Crippen molar-refractivity contribution in [2.24, 2.45) is 0 Å². The van der Waals surface area contributed by atoms with E-state index >= 15 is 0 Å². The van der Waals surface area contributed by atoms with Crippen LogP contribution in [0.5, 0.6) is 0 Å². The number of rotatable bonds is 4. The molecule has 1 aliphatic rings. The summed E-state index contributed by atoms with van der Waals surface area (Å²) in [6, 6.07) is 4.67. The predicted molar refractivity (Wildman–Crippen MR) is 76.0 cm³/mol. The number of halogens is 2. The van der Waals surface area contributed by atoms with E-state index < -0.39 is 11.9 Å². The van der Waals surface area contributed by atoms with Gasteiger partial charge in [-0.2, -0.15) is 0 Å². The van der Waals surface area contributed by atoms with Crippen molar-refractivity contribution in [3.8, 4) is 0 Å². The first-order valence-electron chi connectivity index (χ1n) is 6.75. The highest BCUT2D eigenvalue weighted by atomic mass is 35.5. The van der Waals surface area contributed by atoms with E-state index in [9.17, 15) is 9.50 Å². The van der Waals surface area contributed by atoms with Crippen LogP contribution in [0.4, 0.5) is 4.39 Å². The Hall–Kier alpha value is -0.640. The van der Waals surface area contributed by atoms with Crippen molar-refractivity contribution in [1.29, 1.82) is 0 Å². The van der Waals surface area contributed by atoms with Gasteiger partial charge in [0.2, 0.25) is 0 Å². The van der Waals surface area contributed by atoms with Crippen molar-refractivity contribution < 1.29 is 9.50 Å². The van der Waals surface area contributed by atoms with Gasteiger partial charge in [0.05, 0.1) is 11.1 Å². The van der Waals surface area contributed by atoms with Gasteiger partial charge in [0.1, 0.15) is 5.82 Å². The Morgan fingerprint density at radius 1 is 1.37 bits per heavy atom. The zero-order chi connectivity index (χ0) is 14.0. The van der Waals surface area contributed by atoms with Gasteiger partial charge in [-0.15, -0.1) is 0 Å². The minimum Gasteiger partial charge on any atom is -0.391 e. The van der Waals surface area contributed by atoms with Crippen LogP contribution in [0.3, 0.4) is 0 Å². The summed E-state index contributed by atoms with van der Waals surface area (Å²) in [4.78, 5) is 2.13. The lowest BCUT2D eigenvalue weighted by Crippen LogP contribution is -2.52. The van der Waals surface area contributed by atoms with Crippen LogP contribution in [0.25, 0.3) is 0 Å². The van der Waals surface area contributed by atoms with Crippen molar-refractivity contribution in [3.63, 3.8) is 0 Å². The third-order valence-electron chi connectivity index (χ3n) is 4.39. The number of benzene rings is 1. The van der Waals surface area contributed by atoms with Crippen LogP contribution in [-0.4, -0.2) is 35.7 Å². The maximum Gasteiger partial charge on any atom is 0.141 e. The summed E-state index contributed by atoms with van der Waals surface area (Å²) < 4.78 is 13.1. The third-order valence-corrected chi connectivity index (χ3v) is 4.68. The molecule has 0 amide bonds. The lowest BCUT2D eigenvalue weighted by Gasteiger charge is -2.40. The normalized spacial score (nSPS) is 19.9. The summed E-state index contributed by atoms with van der Waals surface area (Å²) in [5, 5.41) is 10.7. The van der Waals surface area contributed by atoms with Crippen molar-refractivity contribution in [2.45, 2.75) is 43.7 Å². The van der Waals surface area contributed by atoms with E-state index in [1.807, 2.05) is 14.1 Å². The Morgan fingerprint density at radius 2 is 2.00 bits per heavy atom. The molecule has 0 heterocycles. The van der Waals surface area contributed by atoms with Gasteiger partial charge >= 0.3 is 0 Å². The molecule has 4 heteroatoms. The van der Waals surface area contributed by atoms with Crippen LogP contribution < -0.4 is 0 Å². The molecule has 1 unspecified atom stereocenters. The van der Waals surface area contributed by atoms with Gasteiger partial charge in [-0.1, -0.05) is 30.5 Å². The molecule has 2 rings (SSSR count). The minimum atomic E-state index is -0.452. The lowest BCUT2D eigenvalue weighted by molar-refractivity contribution is -0.00251. The molecule has 2 nitrogen and oxygen atoms in total. The Balaban J connectivity index is 2.15. The second-order valence-electron chi connectivity index (χ2n) is 5.67. The molecule has 1 aromatic carbocycles. The smallest absolute Gasteiger partial charge is 0.141 e. The molecule has 0 radical (unpaired) electrons. The quantitative estimate of drug-likeness (QED) is 0.918. The van der Waals surface area contributed by atoms with E-state index in [1.165, 1.54) is 6.07 Å². The highest BCUT2D eigenvalue weighted by Crippen LogP contribution is 2.38. The van der Waals surface area contributed by atoms with Gasteiger partial charge in [-0.3, -0.25) is 0 Å². The Kier molecular flexibility index (Phi) is 4.49. The van der Waals surface area contributed by atoms with Gasteiger partial charge < -0.3 is 10.0 Å². The van der Waals surface area contributed by atoms with Gasteiger partial charge in [0, 0.05) is 12.0 Å². The first-order chi connectivity index (χ1) is 8.95. The van der Waals surface area contributed by atoms with Crippen LogP contribution in [-0.2, 0) is 6.42 Å². The monoisotopic (exact) mass is 285 g/mol. The molecule has 1 fully saturated rings. The van der Waals surface area contributed by atoms with Crippen molar-refractivity contribution in [3.05, 3.63) is 34.6 Å². The van der Waals surface area contributed by atoms with E-state index in [1.54, 1.807) is 12.1 Å². The summed E-state index contributed by atoms with van der Waals surface area (Å²) in [6.07, 6.45) is 4.38. The maximum absolute atomic E-state index is 13.1. The molecule has 0 spiro atoms. The first-order valence-corrected chi connectivity index (χ1v) is 7.13. The molecule has 0 aliphatic heterocycles. The molecule has 0 saturated heterocycles. The first kappa shape index (κ1) is 14.8. The minimum absolute atomic E-state index is 0.120. The largest absolute Gasteiger partial charge is 0.391 e. The fraction of sp³-hybridized carbons (Fsp3) is 0.600. The van der Waals surface area contributed by atoms with E-state index in [4.69, 9.17) is 11.6 Å². The average Bonchev–Trinajstić information content (AvgIpc) is 2.84. The number of hydrogen-bond donors (Lipinski definition) is 1. The van der Waals surface area contributed by atoms with Crippen LogP contribution in [0, 0.1) is 5.82 Å². The van der Waals surface area contributed by atoms with Gasteiger partial charge in [-0.25, -0.2) is 4.39 Å². The Bertz CT molecular complexity index is 444. The highest BCUT2D eigenvalue weighted by Gasteiger charge is 2.42. The summed E-state index contributed by atoms with van der Waals surface area (Å²) in [6.45, 7) is 0. The van der Waals surface area contributed by atoms with Crippen LogP contribution in [0.15, 0.2) is 18.2 Å². The zero-order valence-electron chi connectivity index (χ0n) is 11.5. The molecule has 1 saturated carbocycles. The zero-order valence-corrected chi connectivity index (χ0v) is 12.3. The van der Waals surface area contributed by atoms with Crippen LogP contribution in [0.1, 0.15) is 31.2 Å². The van der Waals surface area contributed by atoms with E-state index in [-0.39, 0.29) is 10.6 Å². The SMILES string of the molecule is CN(C)C1(C(O)Cc2ccc(F)c(Cl)c2)CCCC1. The maximum atomic E-state index is 13.1. The molecule has 0 aromatic heterocycles. The molecule has 19 heavy (non-hydrogen) atoms. The molecular formula is C15H21ClFNO. The standard InChI is InChI=1S/C15H21ClFNO/c1-18(2)15(7-3-4-8-15)14(19)10-11-5-6-13(17)12(16)9-11/h5-6,9,14,19H,3-4,7-8,10H2,1-2H3. The molecule has 1 atom stereocenters. The molecule has 1 aromatic rings. The summed E-state index contributed by atoms with van der Waals surface area (Å²) in [5.74, 6) is -0.414. The molecule has 1 N–H and O–H groups in total. The summed E-state index contributed by atoms with van der Waals surface area (Å²) in [5.41, 5.74) is 0.730. The molecular weight excluding hydrogens is 265 g/mol. The Labute approximate surface area is 119 Å². The number of likely N-dealkylation sites (N-methyl/N-ethyl adjacent to an activating group) is 1. The third kappa shape index (κ3) is 2.93. The Morgan fingerprint density at radius 3 is 2.53 bits per heavy atom. The van der Waals surface area contributed by atoms with Crippen molar-refractivity contribution in [1.82, 2.24) is 4.90 Å². The highest BCUT2D eigenvalue weighted by molar-refractivity contribution is 6.30. The van der Waals surface area contributed by atoms with Crippen LogP contribution >= 0.6 is 11.6 Å². The fourth-order valence-electron chi connectivity index (χ4n) is 3.15. The lowest BCUT2D eigenvalue weighted by atomic mass is 9.85. The number of nitrogens with zero attached hydrogens (tertiary/aromatic N) is 1. The second kappa shape index (κ2) is 5.78. The average molecular weight is 286 g/mol. The molecule has 106 valence electrons. The number of aliphatic hydroxyl groups excluding tert-OH is 1. The van der Waals surface area contributed by atoms with E-state index in [2.05, 4.69) is 4.90 Å². The predicted octanol–water partition coefficient (Wildman–Crippen LogP) is 3.26. The fourth-order valence-corrected chi connectivity index (χ4v) is 3.35.